The van der Waals surface area contributed by atoms with Crippen LogP contribution >= 0.6 is 0 Å². The lowest BCUT2D eigenvalue weighted by molar-refractivity contribution is -0.141. The van der Waals surface area contributed by atoms with E-state index in [1.165, 1.54) is 6.07 Å². The molecule has 0 radical (unpaired) electrons. The highest BCUT2D eigenvalue weighted by Crippen LogP contribution is 2.39. The topological polar surface area (TPSA) is 84.0 Å². The number of pyridine rings is 1. The van der Waals surface area contributed by atoms with Crippen molar-refractivity contribution in [2.24, 2.45) is 17.8 Å². The second-order valence-electron chi connectivity index (χ2n) is 10.2. The van der Waals surface area contributed by atoms with Crippen LogP contribution in [-0.4, -0.2) is 78.3 Å². The number of fused-ring (bicyclic) bond motifs is 2. The van der Waals surface area contributed by atoms with Crippen LogP contribution in [0.2, 0.25) is 0 Å². The van der Waals surface area contributed by atoms with E-state index in [4.69, 9.17) is 9.47 Å². The fraction of sp³-hybridized carbons (Fsp3) is 0.708. The number of aromatic nitrogens is 1. The summed E-state index contributed by atoms with van der Waals surface area (Å²) in [5.41, 5.74) is -0.923. The Morgan fingerprint density at radius 2 is 1.91 bits per heavy atom. The minimum atomic E-state index is -4.45. The van der Waals surface area contributed by atoms with Crippen LogP contribution in [0.3, 0.4) is 0 Å². The van der Waals surface area contributed by atoms with E-state index >= 15 is 0 Å². The van der Waals surface area contributed by atoms with Crippen LogP contribution < -0.4 is 10.1 Å². The number of ether oxygens (including phenoxy) is 2. The summed E-state index contributed by atoms with van der Waals surface area (Å²) in [6.45, 7) is 3.13. The highest BCUT2D eigenvalue weighted by atomic mass is 19.4. The molecule has 1 aliphatic carbocycles. The van der Waals surface area contributed by atoms with E-state index in [1.807, 2.05) is 9.80 Å². The van der Waals surface area contributed by atoms with E-state index in [-0.39, 0.29) is 30.7 Å². The summed E-state index contributed by atoms with van der Waals surface area (Å²) < 4.78 is 49.3. The fourth-order valence-corrected chi connectivity index (χ4v) is 5.96. The standard InChI is InChI=1S/C24H31F3N4O4/c25-24(26,27)21-4-3-18(10-28-21)34-13-15-1-2-17-11-30(7-5-16(17)9-15)23(33)31-8-6-20-19(12-31)29-22(32)14-35-20/h3-4,10,15-17,19-20H,1-2,5-9,11-14H2,(H,29,32)/t15?,16?,17?,19-,20+/m1/s1. The van der Waals surface area contributed by atoms with E-state index in [0.29, 0.717) is 49.7 Å². The molecule has 1 N–H and O–H groups in total. The molecule has 4 aliphatic rings. The minimum Gasteiger partial charge on any atom is -0.492 e. The number of nitrogens with one attached hydrogen (secondary N) is 1. The van der Waals surface area contributed by atoms with Crippen molar-refractivity contribution in [1.82, 2.24) is 20.1 Å². The monoisotopic (exact) mass is 496 g/mol. The van der Waals surface area contributed by atoms with Crippen molar-refractivity contribution < 1.29 is 32.2 Å². The number of amides is 3. The quantitative estimate of drug-likeness (QED) is 0.696. The van der Waals surface area contributed by atoms with Gasteiger partial charge in [-0.05, 0) is 62.0 Å². The molecule has 3 aliphatic heterocycles. The number of rotatable bonds is 3. The SMILES string of the molecule is O=C1CO[C@H]2CCN(C(=O)N3CCC4CC(COc5ccc(C(F)(F)F)nc5)CCC4C3)C[C@H]2N1. The molecule has 3 amide bonds. The van der Waals surface area contributed by atoms with Crippen LogP contribution in [0.15, 0.2) is 18.3 Å². The van der Waals surface area contributed by atoms with Gasteiger partial charge in [0, 0.05) is 26.2 Å². The zero-order valence-corrected chi connectivity index (χ0v) is 19.5. The number of hydrogen-bond acceptors (Lipinski definition) is 5. The second-order valence-corrected chi connectivity index (χ2v) is 10.2. The molecular formula is C24H31F3N4O4. The Morgan fingerprint density at radius 1 is 1.11 bits per heavy atom. The molecule has 8 nitrogen and oxygen atoms in total. The largest absolute Gasteiger partial charge is 0.492 e. The third-order valence-electron chi connectivity index (χ3n) is 7.85. The zero-order valence-electron chi connectivity index (χ0n) is 19.5. The van der Waals surface area contributed by atoms with Gasteiger partial charge >= 0.3 is 12.2 Å². The summed E-state index contributed by atoms with van der Waals surface area (Å²) in [5.74, 6) is 1.53. The maximum absolute atomic E-state index is 13.2. The molecule has 11 heteroatoms. The third-order valence-corrected chi connectivity index (χ3v) is 7.85. The van der Waals surface area contributed by atoms with Gasteiger partial charge in [0.1, 0.15) is 18.1 Å². The maximum Gasteiger partial charge on any atom is 0.433 e. The van der Waals surface area contributed by atoms with Crippen LogP contribution in [-0.2, 0) is 15.7 Å². The predicted molar refractivity (Wildman–Crippen MR) is 119 cm³/mol. The summed E-state index contributed by atoms with van der Waals surface area (Å²) in [4.78, 5) is 32.1. The molecule has 4 heterocycles. The van der Waals surface area contributed by atoms with Gasteiger partial charge in [-0.25, -0.2) is 9.78 Å². The molecule has 0 bridgehead atoms. The lowest BCUT2D eigenvalue weighted by atomic mass is 9.71. The lowest BCUT2D eigenvalue weighted by Crippen LogP contribution is -2.63. The van der Waals surface area contributed by atoms with Crippen molar-refractivity contribution in [1.29, 1.82) is 0 Å². The molecule has 4 fully saturated rings. The normalized spacial score (nSPS) is 31.3. The summed E-state index contributed by atoms with van der Waals surface area (Å²) >= 11 is 0. The van der Waals surface area contributed by atoms with Gasteiger partial charge in [-0.1, -0.05) is 0 Å². The Hall–Kier alpha value is -2.56. The van der Waals surface area contributed by atoms with Crippen molar-refractivity contribution in [2.75, 3.05) is 39.4 Å². The highest BCUT2D eigenvalue weighted by Gasteiger charge is 2.41. The van der Waals surface area contributed by atoms with Crippen LogP contribution in [0.25, 0.3) is 0 Å². The lowest BCUT2D eigenvalue weighted by Gasteiger charge is -2.46. The first-order valence-corrected chi connectivity index (χ1v) is 12.4. The first-order chi connectivity index (χ1) is 16.8. The second kappa shape index (κ2) is 9.83. The van der Waals surface area contributed by atoms with Gasteiger partial charge in [0.05, 0.1) is 24.9 Å². The first-order valence-electron chi connectivity index (χ1n) is 12.4. The van der Waals surface area contributed by atoms with E-state index in [2.05, 4.69) is 10.3 Å². The number of alkyl halides is 3. The number of morpholine rings is 1. The molecule has 0 aromatic carbocycles. The van der Waals surface area contributed by atoms with Crippen molar-refractivity contribution in [2.45, 2.75) is 50.4 Å². The van der Waals surface area contributed by atoms with E-state index in [0.717, 1.165) is 50.9 Å². The number of nitrogens with zero attached hydrogens (tertiary/aromatic N) is 3. The Labute approximate surface area is 202 Å². The van der Waals surface area contributed by atoms with Crippen LogP contribution in [0, 0.1) is 17.8 Å². The average Bonchev–Trinajstić information content (AvgIpc) is 2.86. The van der Waals surface area contributed by atoms with Gasteiger partial charge in [0.2, 0.25) is 5.91 Å². The molecular weight excluding hydrogens is 465 g/mol. The smallest absolute Gasteiger partial charge is 0.433 e. The molecule has 1 saturated carbocycles. The zero-order chi connectivity index (χ0) is 24.6. The summed E-state index contributed by atoms with van der Waals surface area (Å²) in [7, 11) is 0. The average molecular weight is 497 g/mol. The molecule has 192 valence electrons. The van der Waals surface area contributed by atoms with Gasteiger partial charge in [-0.3, -0.25) is 4.79 Å². The van der Waals surface area contributed by atoms with Gasteiger partial charge in [-0.15, -0.1) is 0 Å². The highest BCUT2D eigenvalue weighted by molar-refractivity contribution is 5.79. The van der Waals surface area contributed by atoms with Crippen molar-refractivity contribution in [3.05, 3.63) is 24.0 Å². The molecule has 3 saturated heterocycles. The number of carbonyl (C=O) groups excluding carboxylic acids is 2. The number of piperidine rings is 2. The van der Waals surface area contributed by atoms with Crippen molar-refractivity contribution in [3.8, 4) is 5.75 Å². The van der Waals surface area contributed by atoms with Gasteiger partial charge < -0.3 is 24.6 Å². The predicted octanol–water partition coefficient (Wildman–Crippen LogP) is 2.93. The van der Waals surface area contributed by atoms with E-state index in [1.54, 1.807) is 0 Å². The number of halogens is 3. The molecule has 5 rings (SSSR count). The molecule has 1 aromatic heterocycles. The molecule has 1 aromatic rings. The fourth-order valence-electron chi connectivity index (χ4n) is 5.96. The van der Waals surface area contributed by atoms with Crippen LogP contribution in [0.5, 0.6) is 5.75 Å². The minimum absolute atomic E-state index is 0.0154. The van der Waals surface area contributed by atoms with Crippen LogP contribution in [0.4, 0.5) is 18.0 Å². The molecule has 35 heavy (non-hydrogen) atoms. The summed E-state index contributed by atoms with van der Waals surface area (Å²) in [6.07, 6.45) is 1.30. The van der Waals surface area contributed by atoms with Gasteiger partial charge in [-0.2, -0.15) is 13.2 Å². The Bertz CT molecular complexity index is 928. The third kappa shape index (κ3) is 5.49. The molecule has 0 spiro atoms. The number of hydrogen-bond donors (Lipinski definition) is 1. The van der Waals surface area contributed by atoms with E-state index < -0.39 is 11.9 Å². The molecule has 5 atom stereocenters. The van der Waals surface area contributed by atoms with Gasteiger partial charge in [0.25, 0.3) is 0 Å². The van der Waals surface area contributed by atoms with E-state index in [9.17, 15) is 22.8 Å². The summed E-state index contributed by atoms with van der Waals surface area (Å²) in [5, 5.41) is 2.95. The number of likely N-dealkylation sites (tertiary alicyclic amines) is 2. The number of urea groups is 1. The van der Waals surface area contributed by atoms with Crippen molar-refractivity contribution >= 4 is 11.9 Å². The Morgan fingerprint density at radius 3 is 2.69 bits per heavy atom. The number of carbonyl (C=O) groups is 2. The van der Waals surface area contributed by atoms with Gasteiger partial charge in [0.15, 0.2) is 0 Å². The molecule has 3 unspecified atom stereocenters. The van der Waals surface area contributed by atoms with Crippen molar-refractivity contribution in [3.63, 3.8) is 0 Å². The summed E-state index contributed by atoms with van der Waals surface area (Å²) in [6, 6.07) is 2.17. The Balaban J connectivity index is 1.08. The van der Waals surface area contributed by atoms with Crippen LogP contribution in [0.1, 0.15) is 37.8 Å². The first kappa shape index (κ1) is 24.1. The Kier molecular flexibility index (Phi) is 6.78. The maximum atomic E-state index is 13.2.